The van der Waals surface area contributed by atoms with Crippen LogP contribution in [0, 0.1) is 11.7 Å². The lowest BCUT2D eigenvalue weighted by Crippen LogP contribution is -2.58. The molecule has 69 heavy (non-hydrogen) atoms. The third-order valence-electron chi connectivity index (χ3n) is 11.9. The van der Waals surface area contributed by atoms with Crippen LogP contribution in [0.15, 0.2) is 66.7 Å². The Morgan fingerprint density at radius 2 is 1.49 bits per heavy atom. The summed E-state index contributed by atoms with van der Waals surface area (Å²) in [6.45, 7) is 19.8. The summed E-state index contributed by atoms with van der Waals surface area (Å²) in [6.07, 6.45) is 1.80. The quantitative estimate of drug-likeness (QED) is 0.0694. The van der Waals surface area contributed by atoms with Gasteiger partial charge in [0.15, 0.2) is 0 Å². The maximum absolute atomic E-state index is 14.9. The molecule has 3 aromatic rings. The Morgan fingerprint density at radius 3 is 2.16 bits per heavy atom. The van der Waals surface area contributed by atoms with Gasteiger partial charge in [-0.3, -0.25) is 9.69 Å². The molecule has 0 unspecified atom stereocenters. The number of rotatable bonds is 21. The van der Waals surface area contributed by atoms with Crippen molar-refractivity contribution in [3.63, 3.8) is 0 Å². The van der Waals surface area contributed by atoms with Crippen molar-refractivity contribution in [2.24, 2.45) is 5.92 Å². The molecule has 380 valence electrons. The summed E-state index contributed by atoms with van der Waals surface area (Å²) >= 11 is 6.52. The number of alkyl carbamates (subject to hydrolysis) is 2. The molecule has 2 saturated heterocycles. The number of halogens is 2. The minimum Gasteiger partial charge on any atom is -0.493 e. The molecule has 3 N–H and O–H groups in total. The lowest BCUT2D eigenvalue weighted by molar-refractivity contribution is -0.137. The third-order valence-corrected chi connectivity index (χ3v) is 12.1. The van der Waals surface area contributed by atoms with Gasteiger partial charge in [0.1, 0.15) is 35.4 Å². The molecule has 17 heteroatoms. The molecule has 0 spiro atoms. The molecule has 0 aromatic heterocycles. The van der Waals surface area contributed by atoms with Gasteiger partial charge in [0, 0.05) is 81.7 Å². The first-order valence-corrected chi connectivity index (χ1v) is 24.8. The Labute approximate surface area is 413 Å². The van der Waals surface area contributed by atoms with Crippen LogP contribution in [0.5, 0.6) is 5.75 Å². The topological polar surface area (TPSA) is 154 Å². The van der Waals surface area contributed by atoms with Gasteiger partial charge >= 0.3 is 18.3 Å². The normalized spacial score (nSPS) is 15.5. The van der Waals surface area contributed by atoms with Crippen molar-refractivity contribution in [3.8, 4) is 5.75 Å². The third kappa shape index (κ3) is 18.8. The highest BCUT2D eigenvalue weighted by molar-refractivity contribution is 6.30. The second-order valence-electron chi connectivity index (χ2n) is 19.7. The number of nitrogens with one attached hydrogen (secondary N) is 3. The smallest absolute Gasteiger partial charge is 0.410 e. The molecule has 0 radical (unpaired) electrons. The summed E-state index contributed by atoms with van der Waals surface area (Å²) in [5.74, 6) is -0.0228. The second kappa shape index (κ2) is 26.6. The zero-order chi connectivity index (χ0) is 50.0. The van der Waals surface area contributed by atoms with Crippen LogP contribution < -0.4 is 20.7 Å². The van der Waals surface area contributed by atoms with Gasteiger partial charge < -0.3 is 49.6 Å². The number of likely N-dealkylation sites (tertiary alicyclic amines) is 1. The molecule has 15 nitrogen and oxygen atoms in total. The van der Waals surface area contributed by atoms with E-state index >= 15 is 0 Å². The average molecular weight is 981 g/mol. The molecule has 0 saturated carbocycles. The highest BCUT2D eigenvalue weighted by Gasteiger charge is 2.37. The minimum absolute atomic E-state index is 0.0893. The molecule has 2 aliphatic rings. The summed E-state index contributed by atoms with van der Waals surface area (Å²) in [5, 5.41) is 9.92. The van der Waals surface area contributed by atoms with Gasteiger partial charge in [0.05, 0.1) is 6.61 Å². The SMILES string of the molecule is CCOc1cccc(F)c1CN1CCN(C(=O)[C@H](NC(=O)OCc2ccccc2)C2CCN(CCc3cc(Cl)ccc3NCCCN(CCCNC(=O)OC(C)(C)C)C(=O)OC(C)(C)C)CC2)CC1. The second-order valence-corrected chi connectivity index (χ2v) is 20.1. The van der Waals surface area contributed by atoms with Crippen LogP contribution in [-0.4, -0.2) is 140 Å². The van der Waals surface area contributed by atoms with Crippen LogP contribution in [0.4, 0.5) is 24.5 Å². The van der Waals surface area contributed by atoms with E-state index in [-0.39, 0.29) is 24.2 Å². The fraction of sp³-hybridized carbons (Fsp3) is 0.577. The summed E-state index contributed by atoms with van der Waals surface area (Å²) in [7, 11) is 0. The van der Waals surface area contributed by atoms with Crippen LogP contribution in [0.25, 0.3) is 0 Å². The fourth-order valence-electron chi connectivity index (χ4n) is 8.42. The number of ether oxygens (including phenoxy) is 4. The standard InChI is InChI=1S/C52H75ClFN7O8/c1-8-66-45-18-12-17-43(54)42(45)36-59-31-33-60(34-32-59)47(62)46(57-49(64)67-37-38-15-10-9-11-16-38)39-21-28-58(29-22-39)30-23-40-35-41(53)19-20-44(40)55-24-13-26-61(50(65)69-52(5,6)7)27-14-25-56-48(63)68-51(2,3)4/h9-12,15-20,35,39,46,55H,8,13-14,21-34,36-37H2,1-7H3,(H,56,63)(H,57,64)/t46-/m1/s1. The van der Waals surface area contributed by atoms with Gasteiger partial charge in [-0.25, -0.2) is 18.8 Å². The van der Waals surface area contributed by atoms with Gasteiger partial charge in [-0.2, -0.15) is 0 Å². The Morgan fingerprint density at radius 1 is 0.812 bits per heavy atom. The number of piperazine rings is 1. The number of piperidine rings is 1. The maximum atomic E-state index is 14.9. The highest BCUT2D eigenvalue weighted by atomic mass is 35.5. The molecule has 4 amide bonds. The predicted octanol–water partition coefficient (Wildman–Crippen LogP) is 8.73. The molecule has 0 bridgehead atoms. The van der Waals surface area contributed by atoms with E-state index in [1.807, 2.05) is 102 Å². The number of carbonyl (C=O) groups excluding carboxylic acids is 4. The van der Waals surface area contributed by atoms with E-state index in [1.54, 1.807) is 17.0 Å². The van der Waals surface area contributed by atoms with Crippen molar-refractivity contribution in [3.05, 3.63) is 94.3 Å². The summed E-state index contributed by atoms with van der Waals surface area (Å²) in [6, 6.07) is 19.4. The van der Waals surface area contributed by atoms with Gasteiger partial charge in [-0.15, -0.1) is 0 Å². The Bertz CT molecular complexity index is 2100. The first-order chi connectivity index (χ1) is 32.9. The van der Waals surface area contributed by atoms with Crippen molar-refractivity contribution >= 4 is 41.5 Å². The van der Waals surface area contributed by atoms with Crippen molar-refractivity contribution in [2.45, 2.75) is 111 Å². The monoisotopic (exact) mass is 980 g/mol. The summed E-state index contributed by atoms with van der Waals surface area (Å²) in [4.78, 5) is 60.9. The first-order valence-electron chi connectivity index (χ1n) is 24.5. The molecule has 2 heterocycles. The van der Waals surface area contributed by atoms with Gasteiger partial charge in [-0.1, -0.05) is 48.0 Å². The van der Waals surface area contributed by atoms with Gasteiger partial charge in [-0.05, 0) is 141 Å². The maximum Gasteiger partial charge on any atom is 0.410 e. The lowest BCUT2D eigenvalue weighted by atomic mass is 9.88. The minimum atomic E-state index is -0.762. The fourth-order valence-corrected chi connectivity index (χ4v) is 8.62. The number of anilines is 1. The Hall–Kier alpha value is -5.32. The number of carbonyl (C=O) groups is 4. The Balaban J connectivity index is 1.14. The number of amides is 4. The molecular weight excluding hydrogens is 905 g/mol. The van der Waals surface area contributed by atoms with Crippen LogP contribution in [-0.2, 0) is 38.6 Å². The van der Waals surface area contributed by atoms with Crippen LogP contribution in [0.1, 0.15) is 90.8 Å². The molecule has 1 atom stereocenters. The van der Waals surface area contributed by atoms with E-state index in [0.717, 1.165) is 42.9 Å². The highest BCUT2D eigenvalue weighted by Crippen LogP contribution is 2.27. The molecule has 2 fully saturated rings. The number of benzene rings is 3. The molecular formula is C52H75ClFN7O8. The van der Waals surface area contributed by atoms with Crippen LogP contribution in [0.3, 0.4) is 0 Å². The van der Waals surface area contributed by atoms with E-state index in [4.69, 9.17) is 30.5 Å². The van der Waals surface area contributed by atoms with Gasteiger partial charge in [0.2, 0.25) is 5.91 Å². The van der Waals surface area contributed by atoms with E-state index < -0.39 is 35.5 Å². The molecule has 3 aromatic carbocycles. The lowest BCUT2D eigenvalue weighted by Gasteiger charge is -2.40. The molecule has 0 aliphatic carbocycles. The van der Waals surface area contributed by atoms with E-state index in [9.17, 15) is 23.6 Å². The first kappa shape index (κ1) is 54.6. The largest absolute Gasteiger partial charge is 0.493 e. The van der Waals surface area contributed by atoms with Crippen LogP contribution in [0.2, 0.25) is 5.02 Å². The Kier molecular flexibility index (Phi) is 21.1. The number of hydrogen-bond donors (Lipinski definition) is 3. The molecule has 5 rings (SSSR count). The van der Waals surface area contributed by atoms with Crippen LogP contribution >= 0.6 is 11.6 Å². The van der Waals surface area contributed by atoms with Crippen molar-refractivity contribution in [1.82, 2.24) is 30.2 Å². The zero-order valence-corrected chi connectivity index (χ0v) is 42.5. The zero-order valence-electron chi connectivity index (χ0n) is 41.8. The van der Waals surface area contributed by atoms with Crippen molar-refractivity contribution in [1.29, 1.82) is 0 Å². The average Bonchev–Trinajstić information content (AvgIpc) is 3.30. The summed E-state index contributed by atoms with van der Waals surface area (Å²) in [5.41, 5.74) is 2.14. The molecule has 2 aliphatic heterocycles. The van der Waals surface area contributed by atoms with Crippen molar-refractivity contribution in [2.75, 3.05) is 83.9 Å². The number of hydrogen-bond acceptors (Lipinski definition) is 11. The van der Waals surface area contributed by atoms with Gasteiger partial charge in [0.25, 0.3) is 0 Å². The van der Waals surface area contributed by atoms with E-state index in [0.29, 0.717) is 108 Å². The van der Waals surface area contributed by atoms with Crippen molar-refractivity contribution < 1.29 is 42.5 Å². The number of nitrogens with zero attached hydrogens (tertiary/aromatic N) is 4. The summed E-state index contributed by atoms with van der Waals surface area (Å²) < 4.78 is 37.2. The predicted molar refractivity (Wildman–Crippen MR) is 267 cm³/mol. The van der Waals surface area contributed by atoms with E-state index in [1.165, 1.54) is 6.07 Å². The van der Waals surface area contributed by atoms with E-state index in [2.05, 4.69) is 25.8 Å².